The number of benzene rings is 1. The average molecular weight is 345 g/mol. The van der Waals surface area contributed by atoms with Crippen LogP contribution in [-0.4, -0.2) is 11.1 Å². The summed E-state index contributed by atoms with van der Waals surface area (Å²) in [6, 6.07) is 6.96. The van der Waals surface area contributed by atoms with Crippen molar-refractivity contribution in [3.63, 3.8) is 0 Å². The third-order valence-electron chi connectivity index (χ3n) is 2.58. The van der Waals surface area contributed by atoms with Gasteiger partial charge in [-0.15, -0.1) is 0 Å². The number of nitrogens with one attached hydrogen (secondary N) is 1. The van der Waals surface area contributed by atoms with Gasteiger partial charge < -0.3 is 14.8 Å². The molecule has 4 nitrogen and oxygen atoms in total. The van der Waals surface area contributed by atoms with E-state index in [0.29, 0.717) is 23.1 Å². The Balaban J connectivity index is 2.12. The summed E-state index contributed by atoms with van der Waals surface area (Å²) in [5.74, 6) is -0.0523. The second-order valence-corrected chi connectivity index (χ2v) is 5.29. The fourth-order valence-corrected chi connectivity index (χ4v) is 2.20. The van der Waals surface area contributed by atoms with Crippen LogP contribution in [0.25, 0.3) is 0 Å². The molecule has 19 heavy (non-hydrogen) atoms. The first-order chi connectivity index (χ1) is 8.97. The molecule has 0 aliphatic rings. The predicted octanol–water partition coefficient (Wildman–Crippen LogP) is 4.31. The van der Waals surface area contributed by atoms with Crippen LogP contribution in [0.4, 0.5) is 5.69 Å². The maximum absolute atomic E-state index is 10.9. The molecule has 2 N–H and O–H groups in total. The average Bonchev–Trinajstić information content (AvgIpc) is 2.72. The van der Waals surface area contributed by atoms with E-state index >= 15 is 0 Å². The third-order valence-corrected chi connectivity index (χ3v) is 3.40. The quantitative estimate of drug-likeness (QED) is 0.867. The van der Waals surface area contributed by atoms with Gasteiger partial charge >= 0.3 is 5.97 Å². The summed E-state index contributed by atoms with van der Waals surface area (Å²) in [6.07, 6.45) is 0. The third kappa shape index (κ3) is 3.30. The van der Waals surface area contributed by atoms with E-state index in [1.165, 1.54) is 6.07 Å². The summed E-state index contributed by atoms with van der Waals surface area (Å²) in [5.41, 5.74) is 0.930. The van der Waals surface area contributed by atoms with Crippen molar-refractivity contribution in [2.75, 3.05) is 5.32 Å². The normalized spacial score (nSPS) is 10.5. The number of rotatable bonds is 4. The zero-order valence-electron chi connectivity index (χ0n) is 10.0. The van der Waals surface area contributed by atoms with Crippen LogP contribution < -0.4 is 5.32 Å². The minimum absolute atomic E-state index is 0.178. The van der Waals surface area contributed by atoms with E-state index in [2.05, 4.69) is 21.2 Å². The Morgan fingerprint density at radius 2 is 2.21 bits per heavy atom. The van der Waals surface area contributed by atoms with E-state index < -0.39 is 5.97 Å². The standard InChI is InChI=1S/C13H11BrClNO3/c1-7-10(13(17)18)5-9(19-7)6-16-12-4-8(14)2-3-11(12)15/h2-5,16H,6H2,1H3,(H,17,18). The number of anilines is 1. The summed E-state index contributed by atoms with van der Waals surface area (Å²) in [4.78, 5) is 10.9. The lowest BCUT2D eigenvalue weighted by Crippen LogP contribution is -1.99. The van der Waals surface area contributed by atoms with Crippen LogP contribution in [-0.2, 0) is 6.54 Å². The van der Waals surface area contributed by atoms with Crippen LogP contribution in [0, 0.1) is 6.92 Å². The highest BCUT2D eigenvalue weighted by Gasteiger charge is 2.13. The summed E-state index contributed by atoms with van der Waals surface area (Å²) in [7, 11) is 0. The van der Waals surface area contributed by atoms with Crippen LogP contribution >= 0.6 is 27.5 Å². The number of furan rings is 1. The number of aromatic carboxylic acids is 1. The number of carboxylic acid groups (broad SMARTS) is 1. The van der Waals surface area contributed by atoms with Crippen molar-refractivity contribution in [2.24, 2.45) is 0 Å². The largest absolute Gasteiger partial charge is 0.478 e. The minimum atomic E-state index is -0.993. The highest BCUT2D eigenvalue weighted by Crippen LogP contribution is 2.26. The monoisotopic (exact) mass is 343 g/mol. The Kier molecular flexibility index (Phi) is 4.17. The summed E-state index contributed by atoms with van der Waals surface area (Å²) in [5, 5.41) is 12.6. The van der Waals surface area contributed by atoms with Crippen LogP contribution in [0.5, 0.6) is 0 Å². The van der Waals surface area contributed by atoms with E-state index in [1.807, 2.05) is 12.1 Å². The molecule has 0 aliphatic carbocycles. The summed E-state index contributed by atoms with van der Waals surface area (Å²) in [6.45, 7) is 1.99. The molecule has 0 atom stereocenters. The van der Waals surface area contributed by atoms with Crippen molar-refractivity contribution < 1.29 is 14.3 Å². The van der Waals surface area contributed by atoms with Gasteiger partial charge in [0.15, 0.2) is 0 Å². The van der Waals surface area contributed by atoms with Crippen LogP contribution in [0.15, 0.2) is 33.2 Å². The number of aryl methyl sites for hydroxylation is 1. The molecule has 0 saturated heterocycles. The van der Waals surface area contributed by atoms with Gasteiger partial charge in [0, 0.05) is 4.47 Å². The van der Waals surface area contributed by atoms with Crippen molar-refractivity contribution in [1.82, 2.24) is 0 Å². The molecule has 1 heterocycles. The molecule has 0 bridgehead atoms. The molecule has 0 saturated carbocycles. The second-order valence-electron chi connectivity index (χ2n) is 3.97. The fraction of sp³-hybridized carbons (Fsp3) is 0.154. The lowest BCUT2D eigenvalue weighted by molar-refractivity contribution is 0.0695. The van der Waals surface area contributed by atoms with Gasteiger partial charge in [-0.05, 0) is 31.2 Å². The van der Waals surface area contributed by atoms with Gasteiger partial charge in [0.05, 0.1) is 17.3 Å². The Morgan fingerprint density at radius 3 is 2.84 bits per heavy atom. The maximum atomic E-state index is 10.9. The number of carbonyl (C=O) groups is 1. The summed E-state index contributed by atoms with van der Waals surface area (Å²) >= 11 is 9.40. The first-order valence-corrected chi connectivity index (χ1v) is 6.66. The van der Waals surface area contributed by atoms with E-state index in [0.717, 1.165) is 10.2 Å². The molecule has 0 amide bonds. The lowest BCUT2D eigenvalue weighted by Gasteiger charge is -2.07. The molecule has 0 fully saturated rings. The van der Waals surface area contributed by atoms with Crippen molar-refractivity contribution in [2.45, 2.75) is 13.5 Å². The van der Waals surface area contributed by atoms with Gasteiger partial charge in [0.2, 0.25) is 0 Å². The second kappa shape index (κ2) is 5.67. The molecule has 0 unspecified atom stereocenters. The first kappa shape index (κ1) is 14.0. The number of halogens is 2. The minimum Gasteiger partial charge on any atom is -0.478 e. The molecular weight excluding hydrogens is 334 g/mol. The molecule has 100 valence electrons. The molecule has 1 aromatic carbocycles. The van der Waals surface area contributed by atoms with Crippen molar-refractivity contribution in [1.29, 1.82) is 0 Å². The molecule has 1 aromatic heterocycles. The Morgan fingerprint density at radius 1 is 1.47 bits per heavy atom. The van der Waals surface area contributed by atoms with Crippen LogP contribution in [0.1, 0.15) is 21.9 Å². The number of hydrogen-bond donors (Lipinski definition) is 2. The van der Waals surface area contributed by atoms with Crippen LogP contribution in [0.2, 0.25) is 5.02 Å². The predicted molar refractivity (Wildman–Crippen MR) is 76.9 cm³/mol. The van der Waals surface area contributed by atoms with Crippen LogP contribution in [0.3, 0.4) is 0 Å². The number of carboxylic acids is 1. The van der Waals surface area contributed by atoms with Gasteiger partial charge in [-0.3, -0.25) is 0 Å². The number of hydrogen-bond acceptors (Lipinski definition) is 3. The fourth-order valence-electron chi connectivity index (χ4n) is 1.66. The molecule has 0 spiro atoms. The molecule has 2 aromatic rings. The van der Waals surface area contributed by atoms with E-state index in [1.54, 1.807) is 13.0 Å². The van der Waals surface area contributed by atoms with Gasteiger partial charge in [0.1, 0.15) is 17.1 Å². The highest BCUT2D eigenvalue weighted by molar-refractivity contribution is 9.10. The Labute approximate surface area is 123 Å². The SMILES string of the molecule is Cc1oc(CNc2cc(Br)ccc2Cl)cc1C(=O)O. The Hall–Kier alpha value is -1.46. The molecule has 6 heteroatoms. The smallest absolute Gasteiger partial charge is 0.339 e. The van der Waals surface area contributed by atoms with Crippen molar-refractivity contribution in [3.05, 3.63) is 50.8 Å². The molecule has 0 aliphatic heterocycles. The van der Waals surface area contributed by atoms with Crippen molar-refractivity contribution in [3.8, 4) is 0 Å². The molecular formula is C13H11BrClNO3. The van der Waals surface area contributed by atoms with Gasteiger partial charge in [0.25, 0.3) is 0 Å². The maximum Gasteiger partial charge on any atom is 0.339 e. The molecule has 2 rings (SSSR count). The van der Waals surface area contributed by atoms with Crippen molar-refractivity contribution >= 4 is 39.2 Å². The topological polar surface area (TPSA) is 62.5 Å². The zero-order chi connectivity index (χ0) is 14.0. The zero-order valence-corrected chi connectivity index (χ0v) is 12.4. The van der Waals surface area contributed by atoms with Gasteiger partial charge in [-0.1, -0.05) is 27.5 Å². The summed E-state index contributed by atoms with van der Waals surface area (Å²) < 4.78 is 6.27. The van der Waals surface area contributed by atoms with Gasteiger partial charge in [-0.2, -0.15) is 0 Å². The van der Waals surface area contributed by atoms with E-state index in [4.69, 9.17) is 21.1 Å². The highest BCUT2D eigenvalue weighted by atomic mass is 79.9. The van der Waals surface area contributed by atoms with Gasteiger partial charge in [-0.25, -0.2) is 4.79 Å². The van der Waals surface area contributed by atoms with E-state index in [-0.39, 0.29) is 5.56 Å². The Bertz CT molecular complexity index is 624. The lowest BCUT2D eigenvalue weighted by atomic mass is 10.2. The first-order valence-electron chi connectivity index (χ1n) is 5.49. The molecule has 0 radical (unpaired) electrons. The van der Waals surface area contributed by atoms with E-state index in [9.17, 15) is 4.79 Å².